The smallest absolute Gasteiger partial charge is 0.257 e. The number of nitrogens with zero attached hydrogens (tertiary/aromatic N) is 4. The van der Waals surface area contributed by atoms with E-state index >= 15 is 0 Å². The van der Waals surface area contributed by atoms with Gasteiger partial charge in [-0.1, -0.05) is 72.3 Å². The van der Waals surface area contributed by atoms with Crippen molar-refractivity contribution >= 4 is 29.3 Å². The Balaban J connectivity index is 1.41. The third-order valence-corrected chi connectivity index (χ3v) is 6.87. The third-order valence-electron chi connectivity index (χ3n) is 6.54. The molecule has 0 spiro atoms. The topological polar surface area (TPSA) is 94.0 Å². The number of amides is 1. The zero-order chi connectivity index (χ0) is 27.5. The fourth-order valence-corrected chi connectivity index (χ4v) is 4.87. The lowest BCUT2D eigenvalue weighted by atomic mass is 9.95. The molecule has 40 heavy (non-hydrogen) atoms. The van der Waals surface area contributed by atoms with Gasteiger partial charge in [0.25, 0.3) is 5.91 Å². The molecule has 8 nitrogen and oxygen atoms in total. The molecule has 2 N–H and O–H groups in total. The summed E-state index contributed by atoms with van der Waals surface area (Å²) in [5, 5.41) is 11.5. The quantitative estimate of drug-likeness (QED) is 0.241. The highest BCUT2D eigenvalue weighted by atomic mass is 35.5. The Morgan fingerprint density at radius 3 is 2.60 bits per heavy atom. The van der Waals surface area contributed by atoms with Crippen LogP contribution in [0.5, 0.6) is 5.75 Å². The van der Waals surface area contributed by atoms with Crippen LogP contribution in [0.1, 0.15) is 24.1 Å². The maximum Gasteiger partial charge on any atom is 0.257 e. The first-order valence-corrected chi connectivity index (χ1v) is 13.1. The summed E-state index contributed by atoms with van der Waals surface area (Å²) < 4.78 is 7.83. The molecule has 0 saturated carbocycles. The number of ether oxygens (including phenoxy) is 1. The molecular weight excluding hydrogens is 524 g/mol. The van der Waals surface area contributed by atoms with Crippen LogP contribution in [0, 0.1) is 0 Å². The molecule has 3 heterocycles. The van der Waals surface area contributed by atoms with Crippen molar-refractivity contribution in [2.75, 3.05) is 10.6 Å². The number of hydrogen-bond acceptors (Lipinski definition) is 6. The Hall–Kier alpha value is -4.95. The van der Waals surface area contributed by atoms with E-state index in [0.717, 1.165) is 11.1 Å². The van der Waals surface area contributed by atoms with Crippen LogP contribution in [-0.4, -0.2) is 25.7 Å². The van der Waals surface area contributed by atoms with Crippen LogP contribution < -0.4 is 15.4 Å². The minimum absolute atomic E-state index is 0.301. The van der Waals surface area contributed by atoms with E-state index in [0.29, 0.717) is 51.8 Å². The number of hydrogen-bond donors (Lipinski definition) is 2. The molecule has 0 unspecified atom stereocenters. The number of allylic oxidation sites excluding steroid dienone is 1. The van der Waals surface area contributed by atoms with E-state index in [-0.39, 0.29) is 5.91 Å². The lowest BCUT2D eigenvalue weighted by molar-refractivity contribution is -0.113. The number of rotatable bonds is 7. The molecule has 1 aliphatic rings. The van der Waals surface area contributed by atoms with Crippen molar-refractivity contribution in [2.24, 2.45) is 0 Å². The van der Waals surface area contributed by atoms with Crippen LogP contribution in [0.4, 0.5) is 11.8 Å². The normalized spacial score (nSPS) is 14.3. The predicted molar refractivity (Wildman–Crippen MR) is 155 cm³/mol. The highest BCUT2D eigenvalue weighted by Crippen LogP contribution is 2.38. The lowest BCUT2D eigenvalue weighted by Gasteiger charge is -2.28. The number of halogens is 1. The summed E-state index contributed by atoms with van der Waals surface area (Å²) in [5.41, 5.74) is 3.70. The summed E-state index contributed by atoms with van der Waals surface area (Å²) in [7, 11) is 0. The summed E-state index contributed by atoms with van der Waals surface area (Å²) in [4.78, 5) is 22.7. The molecule has 2 aromatic heterocycles. The van der Waals surface area contributed by atoms with Gasteiger partial charge < -0.3 is 15.4 Å². The van der Waals surface area contributed by atoms with Crippen LogP contribution in [-0.2, 0) is 11.4 Å². The van der Waals surface area contributed by atoms with E-state index in [1.807, 2.05) is 85.8 Å². The molecule has 0 aliphatic carbocycles. The zero-order valence-corrected chi connectivity index (χ0v) is 22.3. The van der Waals surface area contributed by atoms with Crippen molar-refractivity contribution in [3.8, 4) is 17.1 Å². The number of anilines is 2. The number of fused-ring (bicyclic) bond motifs is 1. The van der Waals surface area contributed by atoms with Crippen molar-refractivity contribution < 1.29 is 9.53 Å². The summed E-state index contributed by atoms with van der Waals surface area (Å²) in [6, 6.07) is 29.8. The van der Waals surface area contributed by atoms with E-state index in [2.05, 4.69) is 15.6 Å². The number of nitrogens with one attached hydrogen (secondary N) is 2. The third kappa shape index (κ3) is 5.17. The van der Waals surface area contributed by atoms with Crippen molar-refractivity contribution in [1.29, 1.82) is 0 Å². The zero-order valence-electron chi connectivity index (χ0n) is 21.6. The van der Waals surface area contributed by atoms with Crippen LogP contribution in [0.15, 0.2) is 115 Å². The predicted octanol–water partition coefficient (Wildman–Crippen LogP) is 6.50. The fraction of sp³-hybridized carbons (Fsp3) is 0.0968. The van der Waals surface area contributed by atoms with E-state index in [4.69, 9.17) is 26.4 Å². The maximum atomic E-state index is 13.7. The summed E-state index contributed by atoms with van der Waals surface area (Å²) >= 11 is 6.47. The highest BCUT2D eigenvalue weighted by molar-refractivity contribution is 6.33. The van der Waals surface area contributed by atoms with Gasteiger partial charge in [-0.05, 0) is 54.4 Å². The first kappa shape index (κ1) is 25.3. The fourth-order valence-electron chi connectivity index (χ4n) is 4.65. The number of carbonyl (C=O) groups excluding carboxylic acids is 1. The van der Waals surface area contributed by atoms with Gasteiger partial charge in [-0.2, -0.15) is 4.98 Å². The Morgan fingerprint density at radius 1 is 1.00 bits per heavy atom. The van der Waals surface area contributed by atoms with Crippen LogP contribution in [0.2, 0.25) is 5.02 Å². The lowest BCUT2D eigenvalue weighted by Crippen LogP contribution is -2.31. The van der Waals surface area contributed by atoms with Crippen LogP contribution >= 0.6 is 11.6 Å². The number of pyridine rings is 1. The van der Waals surface area contributed by atoms with E-state index in [9.17, 15) is 4.79 Å². The largest absolute Gasteiger partial charge is 0.489 e. The molecule has 0 saturated heterocycles. The Bertz CT molecular complexity index is 1700. The Kier molecular flexibility index (Phi) is 6.99. The molecule has 0 bridgehead atoms. The van der Waals surface area contributed by atoms with Crippen LogP contribution in [0.25, 0.3) is 11.4 Å². The second-order valence-corrected chi connectivity index (χ2v) is 9.67. The highest BCUT2D eigenvalue weighted by Gasteiger charge is 2.35. The molecule has 9 heteroatoms. The van der Waals surface area contributed by atoms with Gasteiger partial charge in [0.05, 0.1) is 10.6 Å². The molecule has 5 aromatic rings. The van der Waals surface area contributed by atoms with E-state index in [1.165, 1.54) is 0 Å². The number of benzene rings is 3. The Labute approximate surface area is 236 Å². The van der Waals surface area contributed by atoms with E-state index < -0.39 is 6.04 Å². The summed E-state index contributed by atoms with van der Waals surface area (Å²) in [6.07, 6.45) is 1.63. The van der Waals surface area contributed by atoms with Crippen molar-refractivity contribution in [3.63, 3.8) is 0 Å². The molecule has 0 fully saturated rings. The number of aromatic nitrogens is 4. The summed E-state index contributed by atoms with van der Waals surface area (Å²) in [6.45, 7) is 2.27. The van der Waals surface area contributed by atoms with Crippen molar-refractivity contribution in [1.82, 2.24) is 19.7 Å². The van der Waals surface area contributed by atoms with Gasteiger partial charge in [-0.15, -0.1) is 5.10 Å². The van der Waals surface area contributed by atoms with E-state index in [1.54, 1.807) is 29.1 Å². The first-order chi connectivity index (χ1) is 19.6. The standard InChI is InChI=1S/C31H25ClN6O2/c1-20-27(30(39)35-26-16-7-8-17-33-26)28(22-12-9-13-23(18-22)40-19-21-10-3-2-4-11-21)38-31(34-20)36-29(37-38)24-14-5-6-15-25(24)32/h2-18,28H,19H2,1H3,(H,33,35,39)(H,34,36,37)/t28-/m1/s1. The van der Waals surface area contributed by atoms with Gasteiger partial charge in [0.15, 0.2) is 5.82 Å². The minimum Gasteiger partial charge on any atom is -0.489 e. The molecule has 1 atom stereocenters. The molecule has 0 radical (unpaired) electrons. The minimum atomic E-state index is -0.594. The van der Waals surface area contributed by atoms with Gasteiger partial charge in [-0.25, -0.2) is 9.67 Å². The van der Waals surface area contributed by atoms with Gasteiger partial charge in [0, 0.05) is 17.5 Å². The van der Waals surface area contributed by atoms with Gasteiger partial charge >= 0.3 is 0 Å². The Morgan fingerprint density at radius 2 is 1.80 bits per heavy atom. The SMILES string of the molecule is CC1=C(C(=O)Nc2ccccn2)[C@@H](c2cccc(OCc3ccccc3)c2)n2nc(-c3ccccc3Cl)nc2N1. The second kappa shape index (κ2) is 11.0. The van der Waals surface area contributed by atoms with Crippen molar-refractivity contribution in [2.45, 2.75) is 19.6 Å². The van der Waals surface area contributed by atoms with Gasteiger partial charge in [0.2, 0.25) is 5.95 Å². The maximum absolute atomic E-state index is 13.7. The first-order valence-electron chi connectivity index (χ1n) is 12.7. The van der Waals surface area contributed by atoms with Gasteiger partial charge in [-0.3, -0.25) is 4.79 Å². The second-order valence-electron chi connectivity index (χ2n) is 9.27. The average Bonchev–Trinajstić information content (AvgIpc) is 3.40. The molecule has 6 rings (SSSR count). The molecular formula is C31H25ClN6O2. The summed E-state index contributed by atoms with van der Waals surface area (Å²) in [5.74, 6) is 1.78. The monoisotopic (exact) mass is 548 g/mol. The average molecular weight is 549 g/mol. The number of carbonyl (C=O) groups is 1. The van der Waals surface area contributed by atoms with Crippen LogP contribution in [0.3, 0.4) is 0 Å². The molecule has 1 aliphatic heterocycles. The van der Waals surface area contributed by atoms with Gasteiger partial charge in [0.1, 0.15) is 24.2 Å². The molecule has 198 valence electrons. The molecule has 1 amide bonds. The molecule has 3 aromatic carbocycles. The van der Waals surface area contributed by atoms with Crippen molar-refractivity contribution in [3.05, 3.63) is 131 Å².